The van der Waals surface area contributed by atoms with Crippen LogP contribution in [0.3, 0.4) is 0 Å². The molecular weight excluding hydrogens is 260 g/mol. The minimum atomic E-state index is 0.0818. The fourth-order valence-electron chi connectivity index (χ4n) is 2.13. The van der Waals surface area contributed by atoms with Crippen LogP contribution in [0.25, 0.3) is 0 Å². The quantitative estimate of drug-likeness (QED) is 0.822. The molecule has 0 aliphatic carbocycles. The van der Waals surface area contributed by atoms with Crippen molar-refractivity contribution < 1.29 is 4.74 Å². The van der Waals surface area contributed by atoms with Gasteiger partial charge in [-0.25, -0.2) is 0 Å². The Morgan fingerprint density at radius 2 is 1.86 bits per heavy atom. The number of hydrogen-bond donors (Lipinski definition) is 1. The van der Waals surface area contributed by atoms with Crippen molar-refractivity contribution in [1.29, 1.82) is 5.26 Å². The van der Waals surface area contributed by atoms with E-state index < -0.39 is 0 Å². The second kappa shape index (κ2) is 6.85. The largest absolute Gasteiger partial charge is 0.495 e. The molecule has 0 aliphatic rings. The molecule has 0 saturated carbocycles. The van der Waals surface area contributed by atoms with Gasteiger partial charge < -0.3 is 10.1 Å². The van der Waals surface area contributed by atoms with Crippen molar-refractivity contribution in [2.24, 2.45) is 5.41 Å². The molecule has 0 fully saturated rings. The van der Waals surface area contributed by atoms with Gasteiger partial charge in [-0.3, -0.25) is 0 Å². The van der Waals surface area contributed by atoms with Gasteiger partial charge in [0.05, 0.1) is 18.9 Å². The van der Waals surface area contributed by atoms with Crippen LogP contribution in [0.2, 0.25) is 0 Å². The second-order valence-electron chi connectivity index (χ2n) is 7.34. The average Bonchev–Trinajstić information content (AvgIpc) is 2.41. The van der Waals surface area contributed by atoms with Gasteiger partial charge in [0.2, 0.25) is 0 Å². The molecule has 0 bridgehead atoms. The summed E-state index contributed by atoms with van der Waals surface area (Å²) in [6, 6.07) is 8.52. The number of nitriles is 1. The van der Waals surface area contributed by atoms with Crippen LogP contribution >= 0.6 is 0 Å². The first-order valence-corrected chi connectivity index (χ1v) is 7.49. The molecule has 116 valence electrons. The van der Waals surface area contributed by atoms with Gasteiger partial charge in [-0.15, -0.1) is 0 Å². The molecule has 0 saturated heterocycles. The monoisotopic (exact) mass is 288 g/mol. The van der Waals surface area contributed by atoms with Crippen molar-refractivity contribution in [1.82, 2.24) is 0 Å². The van der Waals surface area contributed by atoms with Crippen LogP contribution in [0, 0.1) is 16.7 Å². The van der Waals surface area contributed by atoms with E-state index in [0.29, 0.717) is 6.42 Å². The first kappa shape index (κ1) is 17.4. The lowest BCUT2D eigenvalue weighted by atomic mass is 9.86. The van der Waals surface area contributed by atoms with Crippen LogP contribution in [0.5, 0.6) is 5.75 Å². The predicted molar refractivity (Wildman–Crippen MR) is 88.8 cm³/mol. The fourth-order valence-corrected chi connectivity index (χ4v) is 2.13. The third-order valence-corrected chi connectivity index (χ3v) is 3.74. The van der Waals surface area contributed by atoms with Crippen LogP contribution in [0.15, 0.2) is 18.2 Å². The van der Waals surface area contributed by atoms with Crippen LogP contribution < -0.4 is 10.1 Å². The summed E-state index contributed by atoms with van der Waals surface area (Å²) in [6.45, 7) is 11.8. The van der Waals surface area contributed by atoms with E-state index in [4.69, 9.17) is 10.00 Å². The fraction of sp³-hybridized carbons (Fsp3) is 0.611. The van der Waals surface area contributed by atoms with E-state index in [9.17, 15) is 0 Å². The van der Waals surface area contributed by atoms with E-state index in [1.165, 1.54) is 5.56 Å². The molecule has 0 atom stereocenters. The molecule has 1 aromatic carbocycles. The van der Waals surface area contributed by atoms with Crippen molar-refractivity contribution in [2.75, 3.05) is 19.0 Å². The van der Waals surface area contributed by atoms with Gasteiger partial charge in [0, 0.05) is 13.0 Å². The molecule has 0 unspecified atom stereocenters. The molecule has 0 amide bonds. The molecule has 0 radical (unpaired) electrons. The van der Waals surface area contributed by atoms with Crippen LogP contribution in [-0.4, -0.2) is 13.7 Å². The summed E-state index contributed by atoms with van der Waals surface area (Å²) in [7, 11) is 1.69. The lowest BCUT2D eigenvalue weighted by molar-refractivity contribution is 0.362. The number of nitrogens with zero attached hydrogens (tertiary/aromatic N) is 1. The molecule has 1 aromatic rings. The number of rotatable bonds is 6. The first-order chi connectivity index (χ1) is 9.69. The lowest BCUT2D eigenvalue weighted by Gasteiger charge is -2.26. The summed E-state index contributed by atoms with van der Waals surface area (Å²) in [5.41, 5.74) is 2.49. The molecule has 1 N–H and O–H groups in total. The molecule has 3 nitrogen and oxygen atoms in total. The van der Waals surface area contributed by atoms with E-state index in [2.05, 4.69) is 58.1 Å². The Balaban J connectivity index is 2.89. The molecule has 3 heteroatoms. The second-order valence-corrected chi connectivity index (χ2v) is 7.34. The molecule has 0 aromatic heterocycles. The number of methoxy groups -OCH3 is 1. The number of hydrogen-bond acceptors (Lipinski definition) is 3. The van der Waals surface area contributed by atoms with Crippen LogP contribution in [0.1, 0.15) is 53.0 Å². The van der Waals surface area contributed by atoms with E-state index in [1.807, 2.05) is 6.07 Å². The highest BCUT2D eigenvalue weighted by Crippen LogP contribution is 2.32. The number of nitrogens with one attached hydrogen (secondary N) is 1. The lowest BCUT2D eigenvalue weighted by Crippen LogP contribution is -2.23. The minimum absolute atomic E-state index is 0.0818. The predicted octanol–water partition coefficient (Wildman–Crippen LogP) is 4.73. The van der Waals surface area contributed by atoms with Crippen LogP contribution in [0.4, 0.5) is 5.69 Å². The molecule has 0 aliphatic heterocycles. The summed E-state index contributed by atoms with van der Waals surface area (Å²) in [5, 5.41) is 12.2. The van der Waals surface area contributed by atoms with Crippen molar-refractivity contribution >= 4 is 5.69 Å². The minimum Gasteiger partial charge on any atom is -0.495 e. The summed E-state index contributed by atoms with van der Waals surface area (Å²) in [4.78, 5) is 0. The summed E-state index contributed by atoms with van der Waals surface area (Å²) >= 11 is 0. The highest BCUT2D eigenvalue weighted by molar-refractivity contribution is 5.59. The normalized spacial score (nSPS) is 11.9. The average molecular weight is 288 g/mol. The molecular formula is C18H28N2O. The Labute approximate surface area is 129 Å². The van der Waals surface area contributed by atoms with E-state index in [-0.39, 0.29) is 10.8 Å². The highest BCUT2D eigenvalue weighted by atomic mass is 16.5. The highest BCUT2D eigenvalue weighted by Gasteiger charge is 2.19. The zero-order chi connectivity index (χ0) is 16.1. The Morgan fingerprint density at radius 1 is 1.19 bits per heavy atom. The third kappa shape index (κ3) is 5.30. The van der Waals surface area contributed by atoms with Gasteiger partial charge in [-0.1, -0.05) is 40.7 Å². The van der Waals surface area contributed by atoms with Crippen molar-refractivity contribution in [3.05, 3.63) is 23.8 Å². The maximum atomic E-state index is 8.73. The van der Waals surface area contributed by atoms with Crippen molar-refractivity contribution in [3.8, 4) is 11.8 Å². The molecule has 0 spiro atoms. The topological polar surface area (TPSA) is 45.0 Å². The molecule has 1 rings (SSSR count). The smallest absolute Gasteiger partial charge is 0.141 e. The standard InChI is InChI=1S/C18H28N2O/c1-17(2,3)14-8-9-16(21-6)15(12-14)20-13-18(4,5)10-7-11-19/h8-9,12,20H,7,10,13H2,1-6H3. The van der Waals surface area contributed by atoms with Gasteiger partial charge in [0.15, 0.2) is 0 Å². The summed E-state index contributed by atoms with van der Waals surface area (Å²) in [6.07, 6.45) is 1.48. The van der Waals surface area contributed by atoms with E-state index in [1.54, 1.807) is 7.11 Å². The number of anilines is 1. The Morgan fingerprint density at radius 3 is 2.38 bits per heavy atom. The zero-order valence-electron chi connectivity index (χ0n) is 14.2. The Bertz CT molecular complexity index is 507. The summed E-state index contributed by atoms with van der Waals surface area (Å²) in [5.74, 6) is 0.860. The van der Waals surface area contributed by atoms with Gasteiger partial charge in [-0.05, 0) is 34.9 Å². The molecule has 21 heavy (non-hydrogen) atoms. The van der Waals surface area contributed by atoms with Gasteiger partial charge in [0.25, 0.3) is 0 Å². The van der Waals surface area contributed by atoms with E-state index >= 15 is 0 Å². The van der Waals surface area contributed by atoms with Crippen molar-refractivity contribution in [3.63, 3.8) is 0 Å². The third-order valence-electron chi connectivity index (χ3n) is 3.74. The number of ether oxygens (including phenoxy) is 1. The van der Waals surface area contributed by atoms with Gasteiger partial charge in [0.1, 0.15) is 5.75 Å². The SMILES string of the molecule is COc1ccc(C(C)(C)C)cc1NCC(C)(C)CCC#N. The Kier molecular flexibility index (Phi) is 5.66. The zero-order valence-corrected chi connectivity index (χ0v) is 14.2. The Hall–Kier alpha value is -1.69. The van der Waals surface area contributed by atoms with Gasteiger partial charge >= 0.3 is 0 Å². The molecule has 0 heterocycles. The van der Waals surface area contributed by atoms with Crippen molar-refractivity contribution in [2.45, 2.75) is 52.9 Å². The first-order valence-electron chi connectivity index (χ1n) is 7.49. The van der Waals surface area contributed by atoms with E-state index in [0.717, 1.165) is 24.4 Å². The van der Waals surface area contributed by atoms with Gasteiger partial charge in [-0.2, -0.15) is 5.26 Å². The van der Waals surface area contributed by atoms with Crippen LogP contribution in [-0.2, 0) is 5.41 Å². The maximum absolute atomic E-state index is 8.73. The number of benzene rings is 1. The summed E-state index contributed by atoms with van der Waals surface area (Å²) < 4.78 is 5.44. The maximum Gasteiger partial charge on any atom is 0.141 e.